The van der Waals surface area contributed by atoms with Gasteiger partial charge in [0.15, 0.2) is 0 Å². The number of H-pyrrole nitrogens is 1. The van der Waals surface area contributed by atoms with Crippen LogP contribution in [0.4, 0.5) is 0 Å². The van der Waals surface area contributed by atoms with E-state index in [4.69, 9.17) is 5.11 Å². The van der Waals surface area contributed by atoms with E-state index in [1.54, 1.807) is 6.08 Å². The van der Waals surface area contributed by atoms with Crippen LogP contribution in [0.3, 0.4) is 0 Å². The second kappa shape index (κ2) is 6.15. The van der Waals surface area contributed by atoms with Crippen molar-refractivity contribution in [3.05, 3.63) is 24.3 Å². The zero-order valence-electron chi connectivity index (χ0n) is 10.2. The average Bonchev–Trinajstić information content (AvgIpc) is 2.77. The number of nitrogens with one attached hydrogen (secondary N) is 1. The van der Waals surface area contributed by atoms with Crippen LogP contribution in [0.25, 0.3) is 0 Å². The van der Waals surface area contributed by atoms with E-state index in [1.165, 1.54) is 4.90 Å². The lowest BCUT2D eigenvalue weighted by Gasteiger charge is -2.17. The molecule has 94 valence electrons. The van der Waals surface area contributed by atoms with Crippen molar-refractivity contribution in [1.82, 2.24) is 20.1 Å². The molecule has 0 spiro atoms. The maximum absolute atomic E-state index is 12.0. The molecule has 0 aromatic carbocycles. The van der Waals surface area contributed by atoms with E-state index in [9.17, 15) is 4.79 Å². The lowest BCUT2D eigenvalue weighted by atomic mass is 10.2. The van der Waals surface area contributed by atoms with Gasteiger partial charge < -0.3 is 10.0 Å². The molecule has 17 heavy (non-hydrogen) atoms. The minimum Gasteiger partial charge on any atom is -0.395 e. The lowest BCUT2D eigenvalue weighted by Crippen LogP contribution is -2.34. The Morgan fingerprint density at radius 3 is 2.82 bits per heavy atom. The summed E-state index contributed by atoms with van der Waals surface area (Å²) in [6, 6.07) is 0. The van der Waals surface area contributed by atoms with Gasteiger partial charge in [0.25, 0.3) is 5.91 Å². The van der Waals surface area contributed by atoms with Crippen LogP contribution >= 0.6 is 0 Å². The summed E-state index contributed by atoms with van der Waals surface area (Å²) in [4.78, 5) is 17.5. The van der Waals surface area contributed by atoms with Crippen LogP contribution in [0.2, 0.25) is 0 Å². The van der Waals surface area contributed by atoms with Gasteiger partial charge in [-0.15, -0.1) is 11.7 Å². The summed E-state index contributed by atoms with van der Waals surface area (Å²) >= 11 is 0. The Labute approximate surface area is 100 Å². The Balaban J connectivity index is 2.81. The minimum atomic E-state index is -0.304. The van der Waals surface area contributed by atoms with Gasteiger partial charge in [-0.25, -0.2) is 4.98 Å². The number of nitrogens with zero attached hydrogens (tertiary/aromatic N) is 3. The zero-order chi connectivity index (χ0) is 12.8. The summed E-state index contributed by atoms with van der Waals surface area (Å²) in [5.74, 6) is 0.691. The molecule has 0 aliphatic carbocycles. The van der Waals surface area contributed by atoms with Crippen LogP contribution in [-0.2, 0) is 0 Å². The van der Waals surface area contributed by atoms with Gasteiger partial charge in [-0.05, 0) is 0 Å². The fourth-order valence-corrected chi connectivity index (χ4v) is 1.32. The topological polar surface area (TPSA) is 82.1 Å². The Bertz CT molecular complexity index is 387. The number of hydrogen-bond acceptors (Lipinski definition) is 4. The fraction of sp³-hybridized carbons (Fsp3) is 0.545. The number of hydrogen-bond donors (Lipinski definition) is 2. The predicted octanol–water partition coefficient (Wildman–Crippen LogP) is 0.549. The van der Waals surface area contributed by atoms with Gasteiger partial charge in [0.05, 0.1) is 6.61 Å². The highest BCUT2D eigenvalue weighted by Gasteiger charge is 2.19. The Hall–Kier alpha value is -1.69. The SMILES string of the molecule is C=CCN(CCO)C(=O)c1n[nH]c(C(C)C)n1. The van der Waals surface area contributed by atoms with E-state index in [2.05, 4.69) is 21.8 Å². The van der Waals surface area contributed by atoms with Crippen molar-refractivity contribution in [3.63, 3.8) is 0 Å². The number of aliphatic hydroxyl groups is 1. The first-order valence-corrected chi connectivity index (χ1v) is 5.53. The highest BCUT2D eigenvalue weighted by Crippen LogP contribution is 2.08. The van der Waals surface area contributed by atoms with E-state index in [0.29, 0.717) is 12.4 Å². The second-order valence-corrected chi connectivity index (χ2v) is 3.96. The molecular weight excluding hydrogens is 220 g/mol. The van der Waals surface area contributed by atoms with Crippen LogP contribution in [0.15, 0.2) is 12.7 Å². The summed E-state index contributed by atoms with van der Waals surface area (Å²) in [5, 5.41) is 15.5. The highest BCUT2D eigenvalue weighted by atomic mass is 16.3. The third-order valence-corrected chi connectivity index (χ3v) is 2.25. The first-order chi connectivity index (χ1) is 8.10. The van der Waals surface area contributed by atoms with Crippen LogP contribution in [0.5, 0.6) is 0 Å². The maximum Gasteiger partial charge on any atom is 0.293 e. The van der Waals surface area contributed by atoms with Crippen LogP contribution in [0.1, 0.15) is 36.2 Å². The van der Waals surface area contributed by atoms with Crippen molar-refractivity contribution in [1.29, 1.82) is 0 Å². The van der Waals surface area contributed by atoms with E-state index in [1.807, 2.05) is 13.8 Å². The smallest absolute Gasteiger partial charge is 0.293 e. The Morgan fingerprint density at radius 2 is 2.35 bits per heavy atom. The van der Waals surface area contributed by atoms with Gasteiger partial charge in [0, 0.05) is 19.0 Å². The first kappa shape index (κ1) is 13.4. The van der Waals surface area contributed by atoms with Gasteiger partial charge in [-0.1, -0.05) is 19.9 Å². The fourth-order valence-electron chi connectivity index (χ4n) is 1.32. The number of carbonyl (C=O) groups is 1. The molecule has 1 heterocycles. The predicted molar refractivity (Wildman–Crippen MR) is 63.7 cm³/mol. The second-order valence-electron chi connectivity index (χ2n) is 3.96. The van der Waals surface area contributed by atoms with Crippen molar-refractivity contribution >= 4 is 5.91 Å². The molecule has 0 fully saturated rings. The zero-order valence-corrected chi connectivity index (χ0v) is 10.2. The number of aromatic nitrogens is 3. The highest BCUT2D eigenvalue weighted by molar-refractivity contribution is 5.90. The van der Waals surface area contributed by atoms with E-state index < -0.39 is 0 Å². The molecule has 1 aromatic rings. The van der Waals surface area contributed by atoms with Gasteiger partial charge in [-0.2, -0.15) is 0 Å². The summed E-state index contributed by atoms with van der Waals surface area (Å²) < 4.78 is 0. The molecule has 0 saturated heterocycles. The summed E-state index contributed by atoms with van der Waals surface area (Å²) in [6.45, 7) is 8.01. The summed E-state index contributed by atoms with van der Waals surface area (Å²) in [6.07, 6.45) is 1.60. The van der Waals surface area contributed by atoms with E-state index in [-0.39, 0.29) is 30.8 Å². The molecule has 6 nitrogen and oxygen atoms in total. The standard InChI is InChI=1S/C11H18N4O2/c1-4-5-15(6-7-16)11(17)10-12-9(8(2)3)13-14-10/h4,8,16H,1,5-7H2,2-3H3,(H,12,13,14). The van der Waals surface area contributed by atoms with Gasteiger partial charge in [0.2, 0.25) is 5.82 Å². The third-order valence-electron chi connectivity index (χ3n) is 2.25. The molecule has 0 unspecified atom stereocenters. The third kappa shape index (κ3) is 3.39. The molecule has 2 N–H and O–H groups in total. The molecule has 6 heteroatoms. The van der Waals surface area contributed by atoms with E-state index in [0.717, 1.165) is 0 Å². The molecule has 0 saturated carbocycles. The molecule has 0 radical (unpaired) electrons. The Kier molecular flexibility index (Phi) is 4.84. The molecular formula is C11H18N4O2. The molecule has 1 amide bonds. The molecule has 0 bridgehead atoms. The number of aromatic amines is 1. The largest absolute Gasteiger partial charge is 0.395 e. The van der Waals surface area contributed by atoms with E-state index >= 15 is 0 Å². The molecule has 0 aliphatic heterocycles. The van der Waals surface area contributed by atoms with Gasteiger partial charge in [0.1, 0.15) is 5.82 Å². The van der Waals surface area contributed by atoms with Crippen LogP contribution in [0, 0.1) is 0 Å². The van der Waals surface area contributed by atoms with Crippen LogP contribution < -0.4 is 0 Å². The summed E-state index contributed by atoms with van der Waals surface area (Å²) in [5.41, 5.74) is 0. The van der Waals surface area contributed by atoms with Crippen molar-refractivity contribution in [2.45, 2.75) is 19.8 Å². The normalized spacial score (nSPS) is 10.6. The molecule has 0 aliphatic rings. The average molecular weight is 238 g/mol. The lowest BCUT2D eigenvalue weighted by molar-refractivity contribution is 0.0731. The summed E-state index contributed by atoms with van der Waals surface area (Å²) in [7, 11) is 0. The number of amides is 1. The number of aliphatic hydroxyl groups excluding tert-OH is 1. The minimum absolute atomic E-state index is 0.0962. The molecule has 1 aromatic heterocycles. The van der Waals surface area contributed by atoms with Gasteiger partial charge in [-0.3, -0.25) is 9.89 Å². The van der Waals surface area contributed by atoms with Crippen molar-refractivity contribution < 1.29 is 9.90 Å². The first-order valence-electron chi connectivity index (χ1n) is 5.53. The van der Waals surface area contributed by atoms with Crippen molar-refractivity contribution in [2.75, 3.05) is 19.7 Å². The monoisotopic (exact) mass is 238 g/mol. The number of carbonyl (C=O) groups excluding carboxylic acids is 1. The van der Waals surface area contributed by atoms with Crippen LogP contribution in [-0.4, -0.2) is 50.8 Å². The maximum atomic E-state index is 12.0. The van der Waals surface area contributed by atoms with Crippen molar-refractivity contribution in [2.24, 2.45) is 0 Å². The molecule has 0 atom stereocenters. The molecule has 1 rings (SSSR count). The Morgan fingerprint density at radius 1 is 1.65 bits per heavy atom. The number of rotatable bonds is 6. The van der Waals surface area contributed by atoms with Crippen molar-refractivity contribution in [3.8, 4) is 0 Å². The van der Waals surface area contributed by atoms with Gasteiger partial charge >= 0.3 is 0 Å². The quantitative estimate of drug-likeness (QED) is 0.709.